The molecule has 0 unspecified atom stereocenters. The first-order valence-electron chi connectivity index (χ1n) is 6.71. The molecule has 1 heterocycles. The number of piperidine rings is 1. The molecule has 0 radical (unpaired) electrons. The molecule has 1 aromatic carbocycles. The van der Waals surface area contributed by atoms with E-state index < -0.39 is 0 Å². The third-order valence-corrected chi connectivity index (χ3v) is 3.58. The van der Waals surface area contributed by atoms with E-state index in [4.69, 9.17) is 0 Å². The molecule has 0 N–H and O–H groups in total. The van der Waals surface area contributed by atoms with E-state index in [0.29, 0.717) is 6.04 Å². The van der Waals surface area contributed by atoms with Gasteiger partial charge in [0.15, 0.2) is 0 Å². The Labute approximate surface area is 99.5 Å². The van der Waals surface area contributed by atoms with Crippen LogP contribution in [-0.2, 0) is 0 Å². The third-order valence-electron chi connectivity index (χ3n) is 3.58. The molecule has 0 aromatic heterocycles. The van der Waals surface area contributed by atoms with Crippen molar-refractivity contribution in [3.8, 4) is 0 Å². The highest BCUT2D eigenvalue weighted by Gasteiger charge is 2.20. The summed E-state index contributed by atoms with van der Waals surface area (Å²) in [5.41, 5.74) is 1.51. The van der Waals surface area contributed by atoms with Crippen LogP contribution in [0, 0.1) is 0 Å². The van der Waals surface area contributed by atoms with E-state index >= 15 is 0 Å². The van der Waals surface area contributed by atoms with Crippen molar-refractivity contribution >= 4 is 0 Å². The molecule has 2 rings (SSSR count). The zero-order chi connectivity index (χ0) is 11.2. The van der Waals surface area contributed by atoms with Gasteiger partial charge in [0, 0.05) is 6.04 Å². The van der Waals surface area contributed by atoms with Crippen LogP contribution >= 0.6 is 0 Å². The van der Waals surface area contributed by atoms with Gasteiger partial charge in [-0.3, -0.25) is 4.90 Å². The molecule has 1 nitrogen and oxygen atoms in total. The number of nitrogens with zero attached hydrogens (tertiary/aromatic N) is 1. The Bertz CT molecular complexity index is 288. The van der Waals surface area contributed by atoms with E-state index in [1.165, 1.54) is 50.8 Å². The number of likely N-dealkylation sites (tertiary alicyclic amines) is 1. The average molecular weight is 217 g/mol. The Morgan fingerprint density at radius 1 is 1.06 bits per heavy atom. The van der Waals surface area contributed by atoms with Crippen LogP contribution in [0.15, 0.2) is 30.3 Å². The van der Waals surface area contributed by atoms with Crippen molar-refractivity contribution in [2.24, 2.45) is 0 Å². The molecule has 1 aliphatic rings. The Morgan fingerprint density at radius 3 is 2.38 bits per heavy atom. The first-order chi connectivity index (χ1) is 7.92. The number of hydrogen-bond donors (Lipinski definition) is 0. The SMILES string of the molecule is CCC[C@H](c1ccccc1)N1CCCCC1. The highest BCUT2D eigenvalue weighted by molar-refractivity contribution is 5.19. The van der Waals surface area contributed by atoms with Gasteiger partial charge in [0.05, 0.1) is 0 Å². The number of benzene rings is 1. The standard InChI is InChI=1S/C15H23N/c1-2-9-15(14-10-5-3-6-11-14)16-12-7-4-8-13-16/h3,5-6,10-11,15H,2,4,7-9,12-13H2,1H3/t15-/m1/s1. The van der Waals surface area contributed by atoms with Crippen molar-refractivity contribution in [3.05, 3.63) is 35.9 Å². The second-order valence-corrected chi connectivity index (χ2v) is 4.81. The summed E-state index contributed by atoms with van der Waals surface area (Å²) >= 11 is 0. The zero-order valence-electron chi connectivity index (χ0n) is 10.4. The van der Waals surface area contributed by atoms with Crippen molar-refractivity contribution in [1.29, 1.82) is 0 Å². The molecular formula is C15H23N. The van der Waals surface area contributed by atoms with Gasteiger partial charge in [-0.2, -0.15) is 0 Å². The molecule has 0 amide bonds. The van der Waals surface area contributed by atoms with Crippen LogP contribution in [-0.4, -0.2) is 18.0 Å². The topological polar surface area (TPSA) is 3.24 Å². The predicted molar refractivity (Wildman–Crippen MR) is 69.5 cm³/mol. The second kappa shape index (κ2) is 6.05. The normalized spacial score (nSPS) is 19.6. The average Bonchev–Trinajstić information content (AvgIpc) is 2.38. The molecule has 1 aromatic rings. The fourth-order valence-electron chi connectivity index (χ4n) is 2.74. The van der Waals surface area contributed by atoms with Gasteiger partial charge in [-0.25, -0.2) is 0 Å². The minimum absolute atomic E-state index is 0.659. The van der Waals surface area contributed by atoms with Gasteiger partial charge >= 0.3 is 0 Å². The first-order valence-corrected chi connectivity index (χ1v) is 6.71. The molecule has 88 valence electrons. The lowest BCUT2D eigenvalue weighted by atomic mass is 9.98. The molecule has 0 spiro atoms. The molecule has 1 aliphatic heterocycles. The summed E-state index contributed by atoms with van der Waals surface area (Å²) in [5, 5.41) is 0. The summed E-state index contributed by atoms with van der Waals surface area (Å²) in [7, 11) is 0. The van der Waals surface area contributed by atoms with Crippen LogP contribution in [0.3, 0.4) is 0 Å². The van der Waals surface area contributed by atoms with Crippen molar-refractivity contribution in [3.63, 3.8) is 0 Å². The maximum Gasteiger partial charge on any atom is 0.0348 e. The molecule has 16 heavy (non-hydrogen) atoms. The molecule has 1 heteroatoms. The van der Waals surface area contributed by atoms with Gasteiger partial charge in [0.1, 0.15) is 0 Å². The third kappa shape index (κ3) is 2.85. The van der Waals surface area contributed by atoms with Crippen molar-refractivity contribution in [2.75, 3.05) is 13.1 Å². The summed E-state index contributed by atoms with van der Waals surface area (Å²) in [4.78, 5) is 2.68. The number of rotatable bonds is 4. The Morgan fingerprint density at radius 2 is 1.75 bits per heavy atom. The van der Waals surface area contributed by atoms with Gasteiger partial charge in [0.2, 0.25) is 0 Å². The lowest BCUT2D eigenvalue weighted by molar-refractivity contribution is 0.155. The maximum absolute atomic E-state index is 2.68. The Hall–Kier alpha value is -0.820. The minimum atomic E-state index is 0.659. The van der Waals surface area contributed by atoms with Crippen LogP contribution in [0.2, 0.25) is 0 Å². The maximum atomic E-state index is 2.68. The molecule has 1 fully saturated rings. The first kappa shape index (κ1) is 11.7. The summed E-state index contributed by atoms with van der Waals surface area (Å²) in [5.74, 6) is 0. The van der Waals surface area contributed by atoms with Crippen LogP contribution in [0.25, 0.3) is 0 Å². The van der Waals surface area contributed by atoms with Gasteiger partial charge < -0.3 is 0 Å². The molecule has 0 bridgehead atoms. The van der Waals surface area contributed by atoms with Gasteiger partial charge in [-0.1, -0.05) is 50.1 Å². The number of hydrogen-bond acceptors (Lipinski definition) is 1. The second-order valence-electron chi connectivity index (χ2n) is 4.81. The fourth-order valence-corrected chi connectivity index (χ4v) is 2.74. The van der Waals surface area contributed by atoms with Crippen LogP contribution in [0.1, 0.15) is 50.6 Å². The zero-order valence-corrected chi connectivity index (χ0v) is 10.4. The van der Waals surface area contributed by atoms with Gasteiger partial charge in [0.25, 0.3) is 0 Å². The van der Waals surface area contributed by atoms with E-state index in [0.717, 1.165) is 0 Å². The summed E-state index contributed by atoms with van der Waals surface area (Å²) < 4.78 is 0. The largest absolute Gasteiger partial charge is 0.296 e. The van der Waals surface area contributed by atoms with E-state index in [-0.39, 0.29) is 0 Å². The fraction of sp³-hybridized carbons (Fsp3) is 0.600. The molecule has 1 saturated heterocycles. The molecular weight excluding hydrogens is 194 g/mol. The summed E-state index contributed by atoms with van der Waals surface area (Å²) in [6, 6.07) is 11.7. The monoisotopic (exact) mass is 217 g/mol. The van der Waals surface area contributed by atoms with E-state index in [9.17, 15) is 0 Å². The van der Waals surface area contributed by atoms with Gasteiger partial charge in [-0.15, -0.1) is 0 Å². The predicted octanol–water partition coefficient (Wildman–Crippen LogP) is 4.01. The van der Waals surface area contributed by atoms with Crippen LogP contribution in [0.4, 0.5) is 0 Å². The van der Waals surface area contributed by atoms with Crippen molar-refractivity contribution < 1.29 is 0 Å². The lowest BCUT2D eigenvalue weighted by Crippen LogP contribution is -2.33. The lowest BCUT2D eigenvalue weighted by Gasteiger charge is -2.34. The quantitative estimate of drug-likeness (QED) is 0.736. The van der Waals surface area contributed by atoms with E-state index in [1.54, 1.807) is 0 Å². The highest BCUT2D eigenvalue weighted by Crippen LogP contribution is 2.28. The summed E-state index contributed by atoms with van der Waals surface area (Å²) in [6.45, 7) is 4.87. The Balaban J connectivity index is 2.09. The van der Waals surface area contributed by atoms with Crippen LogP contribution < -0.4 is 0 Å². The van der Waals surface area contributed by atoms with Crippen molar-refractivity contribution in [1.82, 2.24) is 4.90 Å². The Kier molecular flexibility index (Phi) is 4.41. The molecule has 0 aliphatic carbocycles. The van der Waals surface area contributed by atoms with Gasteiger partial charge in [-0.05, 0) is 37.9 Å². The molecule has 0 saturated carbocycles. The van der Waals surface area contributed by atoms with Crippen molar-refractivity contribution in [2.45, 2.75) is 45.1 Å². The molecule has 1 atom stereocenters. The van der Waals surface area contributed by atoms with E-state index in [2.05, 4.69) is 42.2 Å². The van der Waals surface area contributed by atoms with Crippen LogP contribution in [0.5, 0.6) is 0 Å². The van der Waals surface area contributed by atoms with E-state index in [1.807, 2.05) is 0 Å². The smallest absolute Gasteiger partial charge is 0.0348 e. The minimum Gasteiger partial charge on any atom is -0.296 e. The highest BCUT2D eigenvalue weighted by atomic mass is 15.2. The summed E-state index contributed by atoms with van der Waals surface area (Å²) in [6.07, 6.45) is 6.75.